The van der Waals surface area contributed by atoms with Crippen molar-refractivity contribution in [1.29, 1.82) is 0 Å². The molecule has 1 fully saturated rings. The molecule has 0 bridgehead atoms. The van der Waals surface area contributed by atoms with Gasteiger partial charge in [0.1, 0.15) is 5.75 Å². The summed E-state index contributed by atoms with van der Waals surface area (Å²) in [6, 6.07) is 5.50. The van der Waals surface area contributed by atoms with Gasteiger partial charge in [-0.1, -0.05) is 19.1 Å². The van der Waals surface area contributed by atoms with Gasteiger partial charge in [0.25, 0.3) is 0 Å². The van der Waals surface area contributed by atoms with Gasteiger partial charge < -0.3 is 14.2 Å². The highest BCUT2D eigenvalue weighted by Gasteiger charge is 2.90. The number of rotatable bonds is 10. The summed E-state index contributed by atoms with van der Waals surface area (Å²) in [5, 5.41) is 0. The van der Waals surface area contributed by atoms with Crippen LogP contribution >= 0.6 is 0 Å². The Kier molecular flexibility index (Phi) is 8.70. The number of ether oxygens (including phenoxy) is 3. The fraction of sp³-hybridized carbons (Fsp3) is 0.714. The van der Waals surface area contributed by atoms with Crippen LogP contribution in [0.25, 0.3) is 0 Å². The third kappa shape index (κ3) is 5.73. The van der Waals surface area contributed by atoms with E-state index in [0.29, 0.717) is 12.2 Å². The summed E-state index contributed by atoms with van der Waals surface area (Å²) < 4.78 is 186. The van der Waals surface area contributed by atoms with Gasteiger partial charge in [0.2, 0.25) is 0 Å². The number of hydrogen-bond donors (Lipinski definition) is 0. The maximum Gasteiger partial charge on any atom is 0.460 e. The van der Waals surface area contributed by atoms with Gasteiger partial charge in [-0.05, 0) is 25.5 Å². The highest BCUT2D eigenvalue weighted by atomic mass is 19.4. The van der Waals surface area contributed by atoms with Crippen molar-refractivity contribution in [3.05, 3.63) is 29.8 Å². The summed E-state index contributed by atoms with van der Waals surface area (Å²) in [5.74, 6) is -36.7. The predicted octanol–water partition coefficient (Wildman–Crippen LogP) is 7.65. The van der Waals surface area contributed by atoms with E-state index in [1.807, 2.05) is 13.8 Å². The lowest BCUT2D eigenvalue weighted by atomic mass is 9.92. The molecule has 1 aliphatic rings. The minimum atomic E-state index is -7.90. The standard InChI is InChI=1S/C21H21F13O3/c1-11-10-36-15(37-12(11)2)13-4-6-14(7-5-13)35-9-3-8-16(22,23)17(24,25)18(26,27)19(28,29)20(30,31)21(32,33)34/h4-7,11-12,15H,3,8-10H2,1-2H3/t11-,12+,15-/m0/s1. The zero-order valence-corrected chi connectivity index (χ0v) is 19.0. The van der Waals surface area contributed by atoms with Gasteiger partial charge in [-0.15, -0.1) is 0 Å². The second-order valence-electron chi connectivity index (χ2n) is 8.50. The topological polar surface area (TPSA) is 27.7 Å². The smallest absolute Gasteiger partial charge is 0.460 e. The van der Waals surface area contributed by atoms with Crippen LogP contribution in [0, 0.1) is 5.92 Å². The first-order chi connectivity index (χ1) is 16.6. The first kappa shape index (κ1) is 31.2. The van der Waals surface area contributed by atoms with Crippen molar-refractivity contribution in [1.82, 2.24) is 0 Å². The Hall–Kier alpha value is -1.97. The maximum atomic E-state index is 13.8. The highest BCUT2D eigenvalue weighted by Crippen LogP contribution is 2.60. The van der Waals surface area contributed by atoms with Crippen LogP contribution in [-0.4, -0.2) is 55.1 Å². The average molecular weight is 568 g/mol. The van der Waals surface area contributed by atoms with Gasteiger partial charge >= 0.3 is 35.8 Å². The molecule has 214 valence electrons. The first-order valence-electron chi connectivity index (χ1n) is 10.6. The van der Waals surface area contributed by atoms with Gasteiger partial charge in [0.05, 0.1) is 19.3 Å². The van der Waals surface area contributed by atoms with E-state index < -0.39 is 61.5 Å². The van der Waals surface area contributed by atoms with E-state index in [-0.39, 0.29) is 17.8 Å². The largest absolute Gasteiger partial charge is 0.494 e. The van der Waals surface area contributed by atoms with Crippen LogP contribution in [-0.2, 0) is 9.47 Å². The highest BCUT2D eigenvalue weighted by molar-refractivity contribution is 5.28. The molecule has 3 nitrogen and oxygen atoms in total. The lowest BCUT2D eigenvalue weighted by Gasteiger charge is -2.39. The fourth-order valence-electron chi connectivity index (χ4n) is 3.08. The Bertz CT molecular complexity index is 900. The Morgan fingerprint density at radius 2 is 1.27 bits per heavy atom. The van der Waals surface area contributed by atoms with Crippen molar-refractivity contribution in [2.75, 3.05) is 13.2 Å². The number of benzene rings is 1. The third-order valence-corrected chi connectivity index (χ3v) is 5.70. The molecular weight excluding hydrogens is 547 g/mol. The summed E-state index contributed by atoms with van der Waals surface area (Å²) in [6.07, 6.45) is -11.8. The quantitative estimate of drug-likeness (QED) is 0.214. The molecule has 0 aromatic heterocycles. The number of hydrogen-bond acceptors (Lipinski definition) is 3. The van der Waals surface area contributed by atoms with Gasteiger partial charge in [-0.2, -0.15) is 57.1 Å². The van der Waals surface area contributed by atoms with E-state index >= 15 is 0 Å². The molecule has 1 aromatic carbocycles. The summed E-state index contributed by atoms with van der Waals surface area (Å²) >= 11 is 0. The average Bonchev–Trinajstić information content (AvgIpc) is 2.77. The molecule has 37 heavy (non-hydrogen) atoms. The van der Waals surface area contributed by atoms with E-state index in [9.17, 15) is 57.1 Å². The van der Waals surface area contributed by atoms with E-state index in [2.05, 4.69) is 0 Å². The molecule has 0 spiro atoms. The molecule has 16 heteroatoms. The molecule has 1 aliphatic heterocycles. The molecule has 0 aliphatic carbocycles. The van der Waals surface area contributed by atoms with E-state index in [4.69, 9.17) is 14.2 Å². The minimum Gasteiger partial charge on any atom is -0.494 e. The molecule has 0 saturated carbocycles. The normalized spacial score (nSPS) is 22.7. The Balaban J connectivity index is 2.01. The van der Waals surface area contributed by atoms with Crippen molar-refractivity contribution in [2.24, 2.45) is 5.92 Å². The first-order valence-corrected chi connectivity index (χ1v) is 10.6. The van der Waals surface area contributed by atoms with Crippen LogP contribution in [0.1, 0.15) is 38.5 Å². The van der Waals surface area contributed by atoms with Gasteiger partial charge in [0.15, 0.2) is 6.29 Å². The third-order valence-electron chi connectivity index (χ3n) is 5.70. The monoisotopic (exact) mass is 568 g/mol. The molecular formula is C21H21F13O3. The van der Waals surface area contributed by atoms with E-state index in [1.54, 1.807) is 0 Å². The van der Waals surface area contributed by atoms with E-state index in [0.717, 1.165) is 0 Å². The molecule has 1 aromatic rings. The molecule has 0 amide bonds. The molecule has 3 atom stereocenters. The van der Waals surface area contributed by atoms with Crippen molar-refractivity contribution >= 4 is 0 Å². The Labute approximate surface area is 201 Å². The predicted molar refractivity (Wildman–Crippen MR) is 100 cm³/mol. The van der Waals surface area contributed by atoms with Gasteiger partial charge in [-0.25, -0.2) is 0 Å². The SMILES string of the molecule is C[C@H]1CO[C@H](c2ccc(OCCCC(F)(F)C(F)(F)C(F)(F)C(F)(F)C(F)(F)C(F)(F)F)cc2)O[C@@H]1C. The minimum absolute atomic E-state index is 0.0160. The van der Waals surface area contributed by atoms with E-state index in [1.165, 1.54) is 24.3 Å². The van der Waals surface area contributed by atoms with Crippen LogP contribution in [0.4, 0.5) is 57.1 Å². The van der Waals surface area contributed by atoms with Crippen LogP contribution in [0.2, 0.25) is 0 Å². The molecule has 0 radical (unpaired) electrons. The molecule has 1 saturated heterocycles. The zero-order chi connectivity index (χ0) is 28.7. The maximum absolute atomic E-state index is 13.8. The van der Waals surface area contributed by atoms with Crippen LogP contribution < -0.4 is 4.74 Å². The Morgan fingerprint density at radius 3 is 1.76 bits per heavy atom. The molecule has 0 unspecified atom stereocenters. The molecule has 0 N–H and O–H groups in total. The Morgan fingerprint density at radius 1 is 0.757 bits per heavy atom. The van der Waals surface area contributed by atoms with Crippen LogP contribution in [0.3, 0.4) is 0 Å². The lowest BCUT2D eigenvalue weighted by molar-refractivity contribution is -0.440. The molecule has 1 heterocycles. The van der Waals surface area contributed by atoms with Crippen LogP contribution in [0.15, 0.2) is 24.3 Å². The van der Waals surface area contributed by atoms with Crippen LogP contribution in [0.5, 0.6) is 5.75 Å². The number of halogens is 13. The van der Waals surface area contributed by atoms with Crippen molar-refractivity contribution in [3.8, 4) is 5.75 Å². The van der Waals surface area contributed by atoms with Crippen molar-refractivity contribution in [3.63, 3.8) is 0 Å². The van der Waals surface area contributed by atoms with Gasteiger partial charge in [-0.3, -0.25) is 0 Å². The summed E-state index contributed by atoms with van der Waals surface area (Å²) in [7, 11) is 0. The molecule has 2 rings (SSSR count). The summed E-state index contributed by atoms with van der Waals surface area (Å²) in [6.45, 7) is 3.29. The number of alkyl halides is 13. The second kappa shape index (κ2) is 10.3. The van der Waals surface area contributed by atoms with Crippen molar-refractivity contribution in [2.45, 2.75) is 74.9 Å². The summed E-state index contributed by atoms with van der Waals surface area (Å²) in [4.78, 5) is 0. The zero-order valence-electron chi connectivity index (χ0n) is 19.0. The fourth-order valence-corrected chi connectivity index (χ4v) is 3.08. The van der Waals surface area contributed by atoms with Gasteiger partial charge in [0, 0.05) is 17.9 Å². The lowest BCUT2D eigenvalue weighted by Crippen LogP contribution is -2.70. The van der Waals surface area contributed by atoms with Crippen molar-refractivity contribution < 1.29 is 71.3 Å². The summed E-state index contributed by atoms with van der Waals surface area (Å²) in [5.41, 5.74) is 0.538. The second-order valence-corrected chi connectivity index (χ2v) is 8.50.